The summed E-state index contributed by atoms with van der Waals surface area (Å²) in [6.45, 7) is 6.10. The van der Waals surface area contributed by atoms with Crippen molar-refractivity contribution in [1.82, 2.24) is 9.80 Å². The summed E-state index contributed by atoms with van der Waals surface area (Å²) < 4.78 is 0. The highest BCUT2D eigenvalue weighted by Gasteiger charge is 2.00. The van der Waals surface area contributed by atoms with Gasteiger partial charge in [-0.15, -0.1) is 0 Å². The third kappa shape index (κ3) is 4.14. The van der Waals surface area contributed by atoms with Crippen molar-refractivity contribution in [3.8, 4) is 0 Å². The molecule has 0 atom stereocenters. The molecule has 0 bridgehead atoms. The molecule has 0 radical (unpaired) electrons. The van der Waals surface area contributed by atoms with Crippen molar-refractivity contribution in [3.05, 3.63) is 11.4 Å². The highest BCUT2D eigenvalue weighted by atomic mass is 35.5. The summed E-state index contributed by atoms with van der Waals surface area (Å²) in [6, 6.07) is 0. The minimum absolute atomic E-state index is 0.806. The zero-order valence-electron chi connectivity index (χ0n) is 7.76. The number of hydrogen-bond donors (Lipinski definition) is 0. The zero-order chi connectivity index (χ0) is 8.85. The maximum atomic E-state index is 5.99. The molecule has 0 N–H and O–H groups in total. The number of nitrogens with zero attached hydrogens (tertiary/aromatic N) is 2. The Bertz CT molecular complexity index is 128. The van der Waals surface area contributed by atoms with Gasteiger partial charge < -0.3 is 9.80 Å². The van der Waals surface area contributed by atoms with Crippen LogP contribution in [0.15, 0.2) is 11.4 Å². The SMILES string of the molecule is CCN(CC)C(Cl)=CN(C)C. The van der Waals surface area contributed by atoms with Crippen LogP contribution in [0.4, 0.5) is 0 Å². The molecule has 0 saturated carbocycles. The van der Waals surface area contributed by atoms with Gasteiger partial charge in [0, 0.05) is 33.4 Å². The van der Waals surface area contributed by atoms with Gasteiger partial charge >= 0.3 is 0 Å². The van der Waals surface area contributed by atoms with E-state index in [-0.39, 0.29) is 0 Å². The first-order chi connectivity index (χ1) is 5.11. The van der Waals surface area contributed by atoms with Crippen LogP contribution in [0.5, 0.6) is 0 Å². The lowest BCUT2D eigenvalue weighted by Crippen LogP contribution is -2.21. The van der Waals surface area contributed by atoms with Gasteiger partial charge in [0.25, 0.3) is 0 Å². The summed E-state index contributed by atoms with van der Waals surface area (Å²) in [6.07, 6.45) is 1.91. The van der Waals surface area contributed by atoms with Crippen LogP contribution in [0, 0.1) is 0 Å². The highest BCUT2D eigenvalue weighted by Crippen LogP contribution is 2.08. The van der Waals surface area contributed by atoms with E-state index in [1.54, 1.807) is 0 Å². The smallest absolute Gasteiger partial charge is 0.120 e. The largest absolute Gasteiger partial charge is 0.381 e. The Balaban J connectivity index is 4.07. The molecule has 0 aliphatic heterocycles. The van der Waals surface area contributed by atoms with Crippen LogP contribution in [0.2, 0.25) is 0 Å². The fourth-order valence-corrected chi connectivity index (χ4v) is 1.25. The molecule has 0 heterocycles. The van der Waals surface area contributed by atoms with Gasteiger partial charge in [0.2, 0.25) is 0 Å². The Kier molecular flexibility index (Phi) is 5.12. The normalized spacial score (nSPS) is 11.5. The summed E-state index contributed by atoms with van der Waals surface area (Å²) in [5.41, 5.74) is 0. The number of rotatable bonds is 4. The van der Waals surface area contributed by atoms with Gasteiger partial charge in [-0.2, -0.15) is 0 Å². The van der Waals surface area contributed by atoms with Gasteiger partial charge in [0.1, 0.15) is 5.16 Å². The molecular formula is C8H17ClN2. The molecule has 66 valence electrons. The first-order valence-electron chi connectivity index (χ1n) is 3.90. The summed E-state index contributed by atoms with van der Waals surface area (Å²) >= 11 is 5.99. The fourth-order valence-electron chi connectivity index (χ4n) is 0.820. The Morgan fingerprint density at radius 1 is 1.27 bits per heavy atom. The second-order valence-electron chi connectivity index (χ2n) is 2.59. The van der Waals surface area contributed by atoms with Crippen LogP contribution in [-0.4, -0.2) is 37.0 Å². The van der Waals surface area contributed by atoms with E-state index < -0.39 is 0 Å². The van der Waals surface area contributed by atoms with E-state index in [0.29, 0.717) is 0 Å². The van der Waals surface area contributed by atoms with E-state index in [1.807, 2.05) is 25.2 Å². The second-order valence-corrected chi connectivity index (χ2v) is 2.97. The predicted octanol–water partition coefficient (Wildman–Crippen LogP) is 1.93. The van der Waals surface area contributed by atoms with Crippen molar-refractivity contribution in [1.29, 1.82) is 0 Å². The molecule has 0 fully saturated rings. The lowest BCUT2D eigenvalue weighted by molar-refractivity contribution is 0.394. The van der Waals surface area contributed by atoms with Crippen LogP contribution >= 0.6 is 11.6 Å². The summed E-state index contributed by atoms with van der Waals surface area (Å²) in [5, 5.41) is 0.806. The van der Waals surface area contributed by atoms with Crippen molar-refractivity contribution < 1.29 is 0 Å². The topological polar surface area (TPSA) is 6.48 Å². The Morgan fingerprint density at radius 3 is 2.00 bits per heavy atom. The number of hydrogen-bond acceptors (Lipinski definition) is 2. The van der Waals surface area contributed by atoms with Crippen molar-refractivity contribution in [2.24, 2.45) is 0 Å². The second kappa shape index (κ2) is 5.30. The molecule has 0 aromatic carbocycles. The molecule has 0 aliphatic carbocycles. The van der Waals surface area contributed by atoms with Gasteiger partial charge in [0.05, 0.1) is 0 Å². The van der Waals surface area contributed by atoms with Crippen molar-refractivity contribution in [2.45, 2.75) is 13.8 Å². The highest BCUT2D eigenvalue weighted by molar-refractivity contribution is 6.29. The van der Waals surface area contributed by atoms with Crippen molar-refractivity contribution >= 4 is 11.6 Å². The van der Waals surface area contributed by atoms with Gasteiger partial charge in [0.15, 0.2) is 0 Å². The summed E-state index contributed by atoms with van der Waals surface area (Å²) in [4.78, 5) is 4.04. The van der Waals surface area contributed by atoms with Gasteiger partial charge in [-0.1, -0.05) is 11.6 Å². The van der Waals surface area contributed by atoms with Crippen LogP contribution in [-0.2, 0) is 0 Å². The fraction of sp³-hybridized carbons (Fsp3) is 0.750. The Labute approximate surface area is 74.4 Å². The van der Waals surface area contributed by atoms with E-state index in [9.17, 15) is 0 Å². The zero-order valence-corrected chi connectivity index (χ0v) is 8.52. The monoisotopic (exact) mass is 176 g/mol. The third-order valence-corrected chi connectivity index (χ3v) is 1.77. The van der Waals surface area contributed by atoms with Crippen molar-refractivity contribution in [3.63, 3.8) is 0 Å². The predicted molar refractivity (Wildman–Crippen MR) is 50.5 cm³/mol. The lowest BCUT2D eigenvalue weighted by Gasteiger charge is -2.20. The number of halogens is 1. The standard InChI is InChI=1S/C8H17ClN2/c1-5-11(6-2)8(9)7-10(3)4/h7H,5-6H2,1-4H3. The minimum Gasteiger partial charge on any atom is -0.381 e. The van der Waals surface area contributed by atoms with Crippen LogP contribution in [0.25, 0.3) is 0 Å². The molecule has 0 aliphatic rings. The molecule has 0 aromatic heterocycles. The first kappa shape index (κ1) is 10.6. The van der Waals surface area contributed by atoms with Gasteiger partial charge in [-0.3, -0.25) is 0 Å². The Hall–Kier alpha value is -0.370. The molecule has 0 aromatic rings. The van der Waals surface area contributed by atoms with Crippen LogP contribution in [0.3, 0.4) is 0 Å². The molecule has 0 rings (SSSR count). The molecule has 2 nitrogen and oxygen atoms in total. The minimum atomic E-state index is 0.806. The van der Waals surface area contributed by atoms with Gasteiger partial charge in [-0.05, 0) is 13.8 Å². The maximum Gasteiger partial charge on any atom is 0.120 e. The lowest BCUT2D eigenvalue weighted by atomic mass is 10.5. The van der Waals surface area contributed by atoms with E-state index >= 15 is 0 Å². The van der Waals surface area contributed by atoms with Gasteiger partial charge in [-0.25, -0.2) is 0 Å². The average molecular weight is 177 g/mol. The molecular weight excluding hydrogens is 160 g/mol. The molecule has 0 unspecified atom stereocenters. The summed E-state index contributed by atoms with van der Waals surface area (Å²) in [7, 11) is 3.93. The average Bonchev–Trinajstić information content (AvgIpc) is 1.88. The molecule has 3 heteroatoms. The molecule has 11 heavy (non-hydrogen) atoms. The van der Waals surface area contributed by atoms with E-state index in [2.05, 4.69) is 18.7 Å². The third-order valence-electron chi connectivity index (χ3n) is 1.43. The molecule has 0 spiro atoms. The maximum absolute atomic E-state index is 5.99. The van der Waals surface area contributed by atoms with E-state index in [1.165, 1.54) is 0 Å². The molecule has 0 saturated heterocycles. The van der Waals surface area contributed by atoms with E-state index in [0.717, 1.165) is 18.2 Å². The Morgan fingerprint density at radius 2 is 1.73 bits per heavy atom. The van der Waals surface area contributed by atoms with Crippen molar-refractivity contribution in [2.75, 3.05) is 27.2 Å². The summed E-state index contributed by atoms with van der Waals surface area (Å²) in [5.74, 6) is 0. The first-order valence-corrected chi connectivity index (χ1v) is 4.28. The molecule has 0 amide bonds. The van der Waals surface area contributed by atoms with E-state index in [4.69, 9.17) is 11.6 Å². The van der Waals surface area contributed by atoms with Crippen LogP contribution in [0.1, 0.15) is 13.8 Å². The quantitative estimate of drug-likeness (QED) is 0.604. The van der Waals surface area contributed by atoms with Crippen LogP contribution < -0.4 is 0 Å².